The Bertz CT molecular complexity index is 559. The molecule has 0 aliphatic carbocycles. The van der Waals surface area contributed by atoms with Crippen molar-refractivity contribution in [3.8, 4) is 0 Å². The van der Waals surface area contributed by atoms with Crippen LogP contribution in [0.5, 0.6) is 0 Å². The van der Waals surface area contributed by atoms with Crippen molar-refractivity contribution < 1.29 is 17.9 Å². The number of hydrogen-bond acceptors (Lipinski definition) is 3. The summed E-state index contributed by atoms with van der Waals surface area (Å²) < 4.78 is 39.4. The Morgan fingerprint density at radius 1 is 1.47 bits per heavy atom. The lowest BCUT2D eigenvalue weighted by Gasteiger charge is -2.18. The molecule has 1 aliphatic rings. The highest BCUT2D eigenvalue weighted by molar-refractivity contribution is 7.89. The number of sulfonamides is 1. The predicted octanol–water partition coefficient (Wildman–Crippen LogP) is 1.53. The van der Waals surface area contributed by atoms with Crippen LogP contribution in [0.3, 0.4) is 0 Å². The fourth-order valence-electron chi connectivity index (χ4n) is 2.47. The van der Waals surface area contributed by atoms with Crippen LogP contribution in [0.15, 0.2) is 23.1 Å². The first-order valence-electron chi connectivity index (χ1n) is 6.32. The molecule has 1 aromatic rings. The van der Waals surface area contributed by atoms with E-state index >= 15 is 0 Å². The molecule has 0 aromatic heterocycles. The average Bonchev–Trinajstić information content (AvgIpc) is 2.78. The van der Waals surface area contributed by atoms with Gasteiger partial charge in [-0.2, -0.15) is 4.31 Å². The lowest BCUT2D eigenvalue weighted by atomic mass is 10.1. The minimum absolute atomic E-state index is 0.0775. The number of nitrogens with zero attached hydrogens (tertiary/aromatic N) is 1. The van der Waals surface area contributed by atoms with Crippen LogP contribution in [0.4, 0.5) is 4.39 Å². The quantitative estimate of drug-likeness (QED) is 0.913. The smallest absolute Gasteiger partial charge is 0.243 e. The van der Waals surface area contributed by atoms with Crippen LogP contribution in [-0.4, -0.2) is 37.5 Å². The zero-order chi connectivity index (χ0) is 14.0. The van der Waals surface area contributed by atoms with Gasteiger partial charge in [-0.3, -0.25) is 0 Å². The summed E-state index contributed by atoms with van der Waals surface area (Å²) in [7, 11) is -3.55. The summed E-state index contributed by atoms with van der Waals surface area (Å²) in [5.41, 5.74) is 0.422. The van der Waals surface area contributed by atoms with Crippen LogP contribution < -0.4 is 0 Å². The van der Waals surface area contributed by atoms with Gasteiger partial charge in [-0.1, -0.05) is 0 Å². The first kappa shape index (κ1) is 14.4. The standard InChI is InChI=1S/C13H18FNO3S/c1-10-8-12(14)2-3-13(10)19(17,18)15-6-4-11(9-15)5-7-16/h2-3,8,11,16H,4-7,9H2,1H3. The molecule has 0 spiro atoms. The van der Waals surface area contributed by atoms with Crippen LogP contribution in [-0.2, 0) is 10.0 Å². The van der Waals surface area contributed by atoms with E-state index < -0.39 is 15.8 Å². The van der Waals surface area contributed by atoms with E-state index in [9.17, 15) is 12.8 Å². The first-order valence-corrected chi connectivity index (χ1v) is 7.76. The second-order valence-electron chi connectivity index (χ2n) is 4.94. The molecule has 106 valence electrons. The van der Waals surface area contributed by atoms with Crippen molar-refractivity contribution in [2.24, 2.45) is 5.92 Å². The third-order valence-corrected chi connectivity index (χ3v) is 5.57. The van der Waals surface area contributed by atoms with Gasteiger partial charge in [0.25, 0.3) is 0 Å². The molecule has 1 atom stereocenters. The van der Waals surface area contributed by atoms with Crippen molar-refractivity contribution in [3.63, 3.8) is 0 Å². The Balaban J connectivity index is 2.23. The lowest BCUT2D eigenvalue weighted by Crippen LogP contribution is -2.29. The molecule has 1 fully saturated rings. The van der Waals surface area contributed by atoms with Crippen LogP contribution in [0.25, 0.3) is 0 Å². The van der Waals surface area contributed by atoms with Crippen molar-refractivity contribution in [2.75, 3.05) is 19.7 Å². The Kier molecular flexibility index (Phi) is 4.23. The molecule has 6 heteroatoms. The zero-order valence-corrected chi connectivity index (χ0v) is 11.7. The second-order valence-corrected chi connectivity index (χ2v) is 6.85. The number of aryl methyl sites for hydroxylation is 1. The normalized spacial score (nSPS) is 20.9. The topological polar surface area (TPSA) is 57.6 Å². The molecule has 0 bridgehead atoms. The van der Waals surface area contributed by atoms with Gasteiger partial charge < -0.3 is 5.11 Å². The Morgan fingerprint density at radius 3 is 2.84 bits per heavy atom. The molecule has 1 saturated heterocycles. The van der Waals surface area contributed by atoms with E-state index in [0.29, 0.717) is 25.1 Å². The summed E-state index contributed by atoms with van der Waals surface area (Å²) in [4.78, 5) is 0.165. The van der Waals surface area contributed by atoms with E-state index in [1.54, 1.807) is 6.92 Å². The summed E-state index contributed by atoms with van der Waals surface area (Å²) in [6.45, 7) is 2.56. The second kappa shape index (κ2) is 5.56. The molecule has 1 heterocycles. The third-order valence-electron chi connectivity index (χ3n) is 3.54. The maximum Gasteiger partial charge on any atom is 0.243 e. The zero-order valence-electron chi connectivity index (χ0n) is 10.8. The fraction of sp³-hybridized carbons (Fsp3) is 0.538. The molecule has 4 nitrogen and oxygen atoms in total. The lowest BCUT2D eigenvalue weighted by molar-refractivity contribution is 0.259. The van der Waals surface area contributed by atoms with Crippen molar-refractivity contribution >= 4 is 10.0 Å². The number of halogens is 1. The Hall–Kier alpha value is -0.980. The molecule has 1 unspecified atom stereocenters. The van der Waals surface area contributed by atoms with Crippen LogP contribution >= 0.6 is 0 Å². The van der Waals surface area contributed by atoms with Crippen LogP contribution in [0.2, 0.25) is 0 Å². The minimum atomic E-state index is -3.55. The molecular formula is C13H18FNO3S. The van der Waals surface area contributed by atoms with Crippen LogP contribution in [0, 0.1) is 18.7 Å². The largest absolute Gasteiger partial charge is 0.396 e. The van der Waals surface area contributed by atoms with Gasteiger partial charge in [0.15, 0.2) is 0 Å². The Labute approximate surface area is 112 Å². The van der Waals surface area contributed by atoms with Gasteiger partial charge in [-0.05, 0) is 49.4 Å². The SMILES string of the molecule is Cc1cc(F)ccc1S(=O)(=O)N1CCC(CCO)C1. The third kappa shape index (κ3) is 2.96. The molecule has 1 aliphatic heterocycles. The monoisotopic (exact) mass is 287 g/mol. The van der Waals surface area contributed by atoms with Crippen molar-refractivity contribution in [1.29, 1.82) is 0 Å². The van der Waals surface area contributed by atoms with Crippen molar-refractivity contribution in [2.45, 2.75) is 24.7 Å². The van der Waals surface area contributed by atoms with Gasteiger partial charge in [0.05, 0.1) is 4.90 Å². The van der Waals surface area contributed by atoms with Gasteiger partial charge >= 0.3 is 0 Å². The van der Waals surface area contributed by atoms with E-state index in [1.807, 2.05) is 0 Å². The molecule has 1 N–H and O–H groups in total. The summed E-state index contributed by atoms with van der Waals surface area (Å²) >= 11 is 0. The maximum atomic E-state index is 13.0. The van der Waals surface area contributed by atoms with Crippen LogP contribution in [0.1, 0.15) is 18.4 Å². The van der Waals surface area contributed by atoms with Gasteiger partial charge in [-0.25, -0.2) is 12.8 Å². The van der Waals surface area contributed by atoms with Gasteiger partial charge in [-0.15, -0.1) is 0 Å². The van der Waals surface area contributed by atoms with Crippen molar-refractivity contribution in [3.05, 3.63) is 29.6 Å². The number of aliphatic hydroxyl groups is 1. The average molecular weight is 287 g/mol. The molecule has 1 aromatic carbocycles. The van der Waals surface area contributed by atoms with E-state index in [4.69, 9.17) is 5.11 Å². The number of benzene rings is 1. The predicted molar refractivity (Wildman–Crippen MR) is 69.7 cm³/mol. The van der Waals surface area contributed by atoms with Crippen molar-refractivity contribution in [1.82, 2.24) is 4.31 Å². The first-order chi connectivity index (χ1) is 8.95. The fourth-order valence-corrected chi connectivity index (χ4v) is 4.21. The highest BCUT2D eigenvalue weighted by Crippen LogP contribution is 2.27. The highest BCUT2D eigenvalue weighted by Gasteiger charge is 2.32. The number of aliphatic hydroxyl groups excluding tert-OH is 1. The van der Waals surface area contributed by atoms with Gasteiger partial charge in [0.1, 0.15) is 5.82 Å². The molecular weight excluding hydrogens is 269 g/mol. The Morgan fingerprint density at radius 2 is 2.21 bits per heavy atom. The molecule has 0 radical (unpaired) electrons. The maximum absolute atomic E-state index is 13.0. The number of rotatable bonds is 4. The summed E-state index contributed by atoms with van der Waals surface area (Å²) in [6.07, 6.45) is 1.38. The van der Waals surface area contributed by atoms with Gasteiger partial charge in [0, 0.05) is 19.7 Å². The summed E-state index contributed by atoms with van der Waals surface area (Å²) in [5.74, 6) is -0.225. The number of hydrogen-bond donors (Lipinski definition) is 1. The molecule has 2 rings (SSSR count). The summed E-state index contributed by atoms with van der Waals surface area (Å²) in [6, 6.07) is 3.72. The van der Waals surface area contributed by atoms with E-state index in [2.05, 4.69) is 0 Å². The summed E-state index contributed by atoms with van der Waals surface area (Å²) in [5, 5.41) is 8.90. The highest BCUT2D eigenvalue weighted by atomic mass is 32.2. The minimum Gasteiger partial charge on any atom is -0.396 e. The molecule has 19 heavy (non-hydrogen) atoms. The van der Waals surface area contributed by atoms with E-state index in [0.717, 1.165) is 6.42 Å². The van der Waals surface area contributed by atoms with E-state index in [1.165, 1.54) is 22.5 Å². The van der Waals surface area contributed by atoms with E-state index in [-0.39, 0.29) is 17.4 Å². The van der Waals surface area contributed by atoms with Gasteiger partial charge in [0.2, 0.25) is 10.0 Å². The molecule has 0 saturated carbocycles. The molecule has 0 amide bonds.